The van der Waals surface area contributed by atoms with Gasteiger partial charge >= 0.3 is 0 Å². The highest BCUT2D eigenvalue weighted by atomic mass is 35.5. The molecule has 0 spiro atoms. The van der Waals surface area contributed by atoms with Gasteiger partial charge in [-0.2, -0.15) is 0 Å². The SMILES string of the molecule is CC1OCCC1S(=O)CCC(=O)Nc1ccc(N)cc1Cl. The standard InChI is InChI=1S/C14H19ClN2O3S/c1-9-13(4-6-20-9)21(19)7-5-14(18)17-12-3-2-10(16)8-11(12)15/h2-3,8-9,13H,4-7,16H2,1H3,(H,17,18). The average molecular weight is 331 g/mol. The normalized spacial score (nSPS) is 23.0. The third-order valence-corrected chi connectivity index (χ3v) is 5.66. The minimum Gasteiger partial charge on any atom is -0.399 e. The van der Waals surface area contributed by atoms with Crippen LogP contribution < -0.4 is 11.1 Å². The molecule has 0 saturated carbocycles. The smallest absolute Gasteiger partial charge is 0.225 e. The molecule has 0 aliphatic carbocycles. The summed E-state index contributed by atoms with van der Waals surface area (Å²) in [6, 6.07) is 4.89. The van der Waals surface area contributed by atoms with Crippen molar-refractivity contribution in [3.8, 4) is 0 Å². The highest BCUT2D eigenvalue weighted by Crippen LogP contribution is 2.24. The van der Waals surface area contributed by atoms with E-state index in [0.717, 1.165) is 6.42 Å². The van der Waals surface area contributed by atoms with Gasteiger partial charge in [0.1, 0.15) is 0 Å². The fraction of sp³-hybridized carbons (Fsp3) is 0.500. The Kier molecular flexibility index (Phi) is 5.61. The van der Waals surface area contributed by atoms with E-state index in [9.17, 15) is 9.00 Å². The van der Waals surface area contributed by atoms with Crippen LogP contribution in [-0.2, 0) is 20.3 Å². The summed E-state index contributed by atoms with van der Waals surface area (Å²) in [5, 5.41) is 3.12. The van der Waals surface area contributed by atoms with E-state index in [0.29, 0.717) is 28.8 Å². The summed E-state index contributed by atoms with van der Waals surface area (Å²) in [5.41, 5.74) is 6.64. The highest BCUT2D eigenvalue weighted by molar-refractivity contribution is 7.85. The molecule has 1 aromatic rings. The molecule has 5 nitrogen and oxygen atoms in total. The minimum atomic E-state index is -1.05. The third kappa shape index (κ3) is 4.43. The zero-order valence-corrected chi connectivity index (χ0v) is 13.4. The summed E-state index contributed by atoms with van der Waals surface area (Å²) in [5.74, 6) is 0.123. The zero-order chi connectivity index (χ0) is 15.4. The van der Waals surface area contributed by atoms with Crippen LogP contribution >= 0.6 is 11.6 Å². The molecule has 3 N–H and O–H groups in total. The lowest BCUT2D eigenvalue weighted by Crippen LogP contribution is -2.26. The second kappa shape index (κ2) is 7.24. The van der Waals surface area contributed by atoms with Crippen LogP contribution in [0.3, 0.4) is 0 Å². The second-order valence-electron chi connectivity index (χ2n) is 5.03. The fourth-order valence-corrected chi connectivity index (χ4v) is 4.04. The molecule has 1 saturated heterocycles. The fourth-order valence-electron chi connectivity index (χ4n) is 2.25. The molecule has 1 fully saturated rings. The van der Waals surface area contributed by atoms with E-state index in [1.54, 1.807) is 18.2 Å². The summed E-state index contributed by atoms with van der Waals surface area (Å²) >= 11 is 5.99. The predicted molar refractivity (Wildman–Crippen MR) is 85.9 cm³/mol. The Morgan fingerprint density at radius 1 is 1.57 bits per heavy atom. The molecule has 116 valence electrons. The Hall–Kier alpha value is -1.11. The molecule has 1 aliphatic rings. The monoisotopic (exact) mass is 330 g/mol. The number of nitrogen functional groups attached to an aromatic ring is 1. The molecule has 0 radical (unpaired) electrons. The Labute approximate surface area is 131 Å². The summed E-state index contributed by atoms with van der Waals surface area (Å²) in [4.78, 5) is 11.9. The van der Waals surface area contributed by atoms with Gasteiger partial charge in [0.25, 0.3) is 0 Å². The number of nitrogens with two attached hydrogens (primary N) is 1. The topological polar surface area (TPSA) is 81.4 Å². The van der Waals surface area contributed by atoms with Gasteiger partial charge in [-0.3, -0.25) is 9.00 Å². The van der Waals surface area contributed by atoms with Crippen LogP contribution in [0.5, 0.6) is 0 Å². The Balaban J connectivity index is 1.83. The Morgan fingerprint density at radius 2 is 2.33 bits per heavy atom. The van der Waals surface area contributed by atoms with Crippen molar-refractivity contribution in [3.05, 3.63) is 23.2 Å². The first-order valence-corrected chi connectivity index (χ1v) is 8.57. The number of amides is 1. The Bertz CT molecular complexity index is 553. The van der Waals surface area contributed by atoms with Crippen molar-refractivity contribution in [2.45, 2.75) is 31.1 Å². The second-order valence-corrected chi connectivity index (χ2v) is 7.21. The van der Waals surface area contributed by atoms with E-state index in [4.69, 9.17) is 22.1 Å². The van der Waals surface area contributed by atoms with Crippen LogP contribution in [-0.4, -0.2) is 33.8 Å². The first-order valence-electron chi connectivity index (χ1n) is 6.81. The lowest BCUT2D eigenvalue weighted by Gasteiger charge is -2.13. The van der Waals surface area contributed by atoms with Gasteiger partial charge in [0, 0.05) is 35.3 Å². The molecular weight excluding hydrogens is 312 g/mol. The first kappa shape index (κ1) is 16.3. The largest absolute Gasteiger partial charge is 0.399 e. The van der Waals surface area contributed by atoms with Crippen molar-refractivity contribution in [1.29, 1.82) is 0 Å². The molecule has 0 bridgehead atoms. The van der Waals surface area contributed by atoms with Crippen LogP contribution in [0, 0.1) is 0 Å². The summed E-state index contributed by atoms with van der Waals surface area (Å²) in [6.45, 7) is 2.56. The van der Waals surface area contributed by atoms with Crippen molar-refractivity contribution in [2.75, 3.05) is 23.4 Å². The van der Waals surface area contributed by atoms with Crippen LogP contribution in [0.1, 0.15) is 19.8 Å². The summed E-state index contributed by atoms with van der Waals surface area (Å²) in [6.07, 6.45) is 0.982. The number of benzene rings is 1. The number of hydrogen-bond donors (Lipinski definition) is 2. The molecule has 3 unspecified atom stereocenters. The summed E-state index contributed by atoms with van der Waals surface area (Å²) in [7, 11) is -1.05. The maximum Gasteiger partial charge on any atom is 0.225 e. The van der Waals surface area contributed by atoms with Crippen LogP contribution in [0.15, 0.2) is 18.2 Å². The molecule has 1 amide bonds. The van der Waals surface area contributed by atoms with Gasteiger partial charge in [-0.1, -0.05) is 11.6 Å². The number of nitrogens with one attached hydrogen (secondary N) is 1. The van der Waals surface area contributed by atoms with E-state index < -0.39 is 10.8 Å². The van der Waals surface area contributed by atoms with Crippen molar-refractivity contribution >= 4 is 39.7 Å². The van der Waals surface area contributed by atoms with E-state index in [-0.39, 0.29) is 23.7 Å². The number of halogens is 1. The first-order chi connectivity index (χ1) is 9.97. The quantitative estimate of drug-likeness (QED) is 0.811. The van der Waals surface area contributed by atoms with Crippen molar-refractivity contribution in [3.63, 3.8) is 0 Å². The third-order valence-electron chi connectivity index (χ3n) is 3.44. The Morgan fingerprint density at radius 3 is 2.95 bits per heavy atom. The minimum absolute atomic E-state index is 0.000405. The van der Waals surface area contributed by atoms with E-state index in [2.05, 4.69) is 5.32 Å². The van der Waals surface area contributed by atoms with Crippen molar-refractivity contribution in [1.82, 2.24) is 0 Å². The highest BCUT2D eigenvalue weighted by Gasteiger charge is 2.29. The van der Waals surface area contributed by atoms with Gasteiger partial charge in [-0.05, 0) is 31.5 Å². The molecule has 1 heterocycles. The van der Waals surface area contributed by atoms with Crippen LogP contribution in [0.25, 0.3) is 0 Å². The molecule has 3 atom stereocenters. The molecule has 21 heavy (non-hydrogen) atoms. The van der Waals surface area contributed by atoms with Gasteiger partial charge in [0.15, 0.2) is 0 Å². The molecule has 7 heteroatoms. The number of rotatable bonds is 5. The van der Waals surface area contributed by atoms with E-state index in [1.165, 1.54) is 0 Å². The van der Waals surface area contributed by atoms with Crippen LogP contribution in [0.4, 0.5) is 11.4 Å². The number of carbonyl (C=O) groups excluding carboxylic acids is 1. The van der Waals surface area contributed by atoms with Crippen LogP contribution in [0.2, 0.25) is 5.02 Å². The lowest BCUT2D eigenvalue weighted by atomic mass is 10.2. The zero-order valence-electron chi connectivity index (χ0n) is 11.8. The molecular formula is C14H19ClN2O3S. The maximum atomic E-state index is 12.1. The van der Waals surface area contributed by atoms with Gasteiger partial charge in [-0.15, -0.1) is 0 Å². The van der Waals surface area contributed by atoms with E-state index >= 15 is 0 Å². The van der Waals surface area contributed by atoms with Gasteiger partial charge in [0.2, 0.25) is 5.91 Å². The van der Waals surface area contributed by atoms with Crippen molar-refractivity contribution < 1.29 is 13.7 Å². The predicted octanol–water partition coefficient (Wildman–Crippen LogP) is 2.18. The number of carbonyl (C=O) groups is 1. The van der Waals surface area contributed by atoms with E-state index in [1.807, 2.05) is 6.92 Å². The van der Waals surface area contributed by atoms with Gasteiger partial charge < -0.3 is 15.8 Å². The number of ether oxygens (including phenoxy) is 1. The molecule has 1 aliphatic heterocycles. The average Bonchev–Trinajstić information content (AvgIpc) is 2.85. The molecule has 2 rings (SSSR count). The lowest BCUT2D eigenvalue weighted by molar-refractivity contribution is -0.115. The van der Waals surface area contributed by atoms with Crippen molar-refractivity contribution in [2.24, 2.45) is 0 Å². The van der Waals surface area contributed by atoms with Gasteiger partial charge in [-0.25, -0.2) is 0 Å². The van der Waals surface area contributed by atoms with Gasteiger partial charge in [0.05, 0.1) is 22.1 Å². The summed E-state index contributed by atoms with van der Waals surface area (Å²) < 4.78 is 17.5. The molecule has 1 aromatic carbocycles. The number of anilines is 2. The molecule has 0 aromatic heterocycles. The maximum absolute atomic E-state index is 12.1. The number of hydrogen-bond acceptors (Lipinski definition) is 4.